The van der Waals surface area contributed by atoms with Crippen LogP contribution in [0.2, 0.25) is 0 Å². The summed E-state index contributed by atoms with van der Waals surface area (Å²) in [5, 5.41) is 0. The van der Waals surface area contributed by atoms with Gasteiger partial charge in [-0.1, -0.05) is 23.8 Å². The van der Waals surface area contributed by atoms with Crippen molar-refractivity contribution < 1.29 is 38.0 Å². The summed E-state index contributed by atoms with van der Waals surface area (Å²) in [5.74, 6) is 0.473. The summed E-state index contributed by atoms with van der Waals surface area (Å²) in [6.45, 7) is 1.94. The second-order valence-corrected chi connectivity index (χ2v) is 7.92. The Kier molecular flexibility index (Phi) is 7.43. The van der Waals surface area contributed by atoms with Crippen molar-refractivity contribution >= 4 is 23.9 Å². The van der Waals surface area contributed by atoms with E-state index in [1.807, 2.05) is 31.2 Å². The van der Waals surface area contributed by atoms with Crippen LogP contribution in [-0.2, 0) is 9.53 Å². The van der Waals surface area contributed by atoms with Gasteiger partial charge in [0.2, 0.25) is 11.6 Å². The first-order chi connectivity index (χ1) is 17.9. The first kappa shape index (κ1) is 25.3. The average molecular weight is 504 g/mol. The average Bonchev–Trinajstić information content (AvgIpc) is 3.28. The normalized spacial score (nSPS) is 13.6. The molecular weight excluding hydrogens is 478 g/mol. The molecule has 0 aliphatic carbocycles. The van der Waals surface area contributed by atoms with Crippen molar-refractivity contribution in [1.82, 2.24) is 0 Å². The topological polar surface area (TPSA) is 102 Å². The fourth-order valence-corrected chi connectivity index (χ4v) is 3.68. The number of esters is 2. The van der Waals surface area contributed by atoms with Crippen LogP contribution < -0.4 is 23.7 Å². The van der Waals surface area contributed by atoms with Crippen molar-refractivity contribution in [1.29, 1.82) is 0 Å². The van der Waals surface area contributed by atoms with Gasteiger partial charge in [-0.3, -0.25) is 0 Å². The minimum atomic E-state index is -0.657. The number of hydrogen-bond acceptors (Lipinski definition) is 9. The number of cyclic esters (lactones) is 1. The third-order valence-electron chi connectivity index (χ3n) is 5.48. The molecule has 0 amide bonds. The molecule has 0 N–H and O–H groups in total. The third-order valence-corrected chi connectivity index (χ3v) is 5.48. The van der Waals surface area contributed by atoms with Crippen LogP contribution in [0.3, 0.4) is 0 Å². The summed E-state index contributed by atoms with van der Waals surface area (Å²) in [5.41, 5.74) is 2.67. The summed E-state index contributed by atoms with van der Waals surface area (Å²) in [6, 6.07) is 15.4. The van der Waals surface area contributed by atoms with Gasteiger partial charge in [0.1, 0.15) is 0 Å². The van der Waals surface area contributed by atoms with Gasteiger partial charge in [0.25, 0.3) is 0 Å². The van der Waals surface area contributed by atoms with E-state index in [4.69, 9.17) is 28.4 Å². The lowest BCUT2D eigenvalue weighted by molar-refractivity contribution is -0.129. The van der Waals surface area contributed by atoms with E-state index in [0.717, 1.165) is 5.56 Å². The zero-order valence-electron chi connectivity index (χ0n) is 21.0. The highest BCUT2D eigenvalue weighted by Crippen LogP contribution is 2.39. The quantitative estimate of drug-likeness (QED) is 0.250. The lowest BCUT2D eigenvalue weighted by Gasteiger charge is -2.14. The highest BCUT2D eigenvalue weighted by Gasteiger charge is 2.25. The van der Waals surface area contributed by atoms with Crippen LogP contribution in [0.1, 0.15) is 27.0 Å². The maximum absolute atomic E-state index is 12.9. The molecule has 0 radical (unpaired) electrons. The monoisotopic (exact) mass is 503 g/mol. The smallest absolute Gasteiger partial charge is 0.363 e. The molecule has 3 aromatic carbocycles. The molecule has 0 unspecified atom stereocenters. The highest BCUT2D eigenvalue weighted by molar-refractivity contribution is 6.12. The van der Waals surface area contributed by atoms with Gasteiger partial charge in [-0.15, -0.1) is 0 Å². The molecule has 4 rings (SSSR count). The van der Waals surface area contributed by atoms with Crippen molar-refractivity contribution in [3.63, 3.8) is 0 Å². The number of methoxy groups -OCH3 is 4. The fraction of sp³-hybridized carbons (Fsp3) is 0.179. The third kappa shape index (κ3) is 5.40. The van der Waals surface area contributed by atoms with Gasteiger partial charge < -0.3 is 28.4 Å². The molecule has 3 aromatic rings. The Balaban J connectivity index is 1.59. The van der Waals surface area contributed by atoms with Crippen LogP contribution in [0.25, 0.3) is 6.08 Å². The van der Waals surface area contributed by atoms with Gasteiger partial charge in [0.05, 0.1) is 34.0 Å². The molecule has 0 saturated heterocycles. The summed E-state index contributed by atoms with van der Waals surface area (Å²) >= 11 is 0. The molecule has 0 fully saturated rings. The van der Waals surface area contributed by atoms with E-state index in [1.54, 1.807) is 24.3 Å². The van der Waals surface area contributed by atoms with Gasteiger partial charge in [-0.05, 0) is 55.0 Å². The largest absolute Gasteiger partial charge is 0.493 e. The molecule has 0 bridgehead atoms. The number of aliphatic imine (C=N–C) groups is 1. The van der Waals surface area contributed by atoms with Crippen LogP contribution in [0, 0.1) is 6.92 Å². The number of nitrogens with zero attached hydrogens (tertiary/aromatic N) is 1. The Morgan fingerprint density at radius 2 is 1.54 bits per heavy atom. The van der Waals surface area contributed by atoms with Crippen LogP contribution in [0.4, 0.5) is 0 Å². The maximum atomic E-state index is 12.9. The van der Waals surface area contributed by atoms with Crippen LogP contribution in [-0.4, -0.2) is 46.3 Å². The fourth-order valence-electron chi connectivity index (χ4n) is 3.68. The van der Waals surface area contributed by atoms with Crippen molar-refractivity contribution in [3.8, 4) is 28.7 Å². The van der Waals surface area contributed by atoms with Gasteiger partial charge in [-0.25, -0.2) is 14.6 Å². The van der Waals surface area contributed by atoms with Crippen LogP contribution in [0.5, 0.6) is 28.7 Å². The van der Waals surface area contributed by atoms with Crippen LogP contribution >= 0.6 is 0 Å². The SMILES string of the molecule is COc1cc(/C=C2\N=C(c3cccc(C)c3)OC2=O)ccc1OC(=O)c1cc(OC)c(OC)c(OC)c1. The first-order valence-electron chi connectivity index (χ1n) is 11.2. The second kappa shape index (κ2) is 10.9. The Morgan fingerprint density at radius 1 is 0.838 bits per heavy atom. The highest BCUT2D eigenvalue weighted by atomic mass is 16.6. The van der Waals surface area contributed by atoms with Gasteiger partial charge in [0.15, 0.2) is 28.7 Å². The van der Waals surface area contributed by atoms with E-state index in [1.165, 1.54) is 40.6 Å². The van der Waals surface area contributed by atoms with E-state index >= 15 is 0 Å². The Bertz CT molecular complexity index is 1400. The van der Waals surface area contributed by atoms with Gasteiger partial charge in [0, 0.05) is 5.56 Å². The maximum Gasteiger partial charge on any atom is 0.363 e. The zero-order chi connectivity index (χ0) is 26.5. The molecule has 190 valence electrons. The van der Waals surface area contributed by atoms with Crippen LogP contribution in [0.15, 0.2) is 65.3 Å². The molecule has 0 atom stereocenters. The standard InChI is InChI=1S/C28H25NO8/c1-16-7-6-8-18(11-16)26-29-20(28(31)37-26)12-17-9-10-21(22(13-17)32-2)36-27(30)19-14-23(33-3)25(35-5)24(15-19)34-4/h6-15H,1-5H3/b20-12-. The zero-order valence-corrected chi connectivity index (χ0v) is 21.0. The molecule has 1 aliphatic heterocycles. The van der Waals surface area contributed by atoms with Crippen molar-refractivity contribution in [2.24, 2.45) is 4.99 Å². The minimum absolute atomic E-state index is 0.140. The van der Waals surface area contributed by atoms with Crippen molar-refractivity contribution in [2.45, 2.75) is 6.92 Å². The number of rotatable bonds is 8. The first-order valence-corrected chi connectivity index (χ1v) is 11.2. The molecule has 0 saturated carbocycles. The summed E-state index contributed by atoms with van der Waals surface area (Å²) in [6.07, 6.45) is 1.57. The Morgan fingerprint density at radius 3 is 2.16 bits per heavy atom. The Labute approximate surface area is 213 Å². The number of carbonyl (C=O) groups is 2. The van der Waals surface area contributed by atoms with Crippen molar-refractivity contribution in [2.75, 3.05) is 28.4 Å². The number of aryl methyl sites for hydroxylation is 1. The van der Waals surface area contributed by atoms with Gasteiger partial charge >= 0.3 is 11.9 Å². The summed E-state index contributed by atoms with van der Waals surface area (Å²) in [7, 11) is 5.83. The van der Waals surface area contributed by atoms with E-state index in [9.17, 15) is 9.59 Å². The Hall–Kier alpha value is -4.79. The van der Waals surface area contributed by atoms with Gasteiger partial charge in [-0.2, -0.15) is 0 Å². The second-order valence-electron chi connectivity index (χ2n) is 7.92. The lowest BCUT2D eigenvalue weighted by Crippen LogP contribution is -2.10. The minimum Gasteiger partial charge on any atom is -0.493 e. The van der Waals surface area contributed by atoms with E-state index in [0.29, 0.717) is 28.4 Å². The molecule has 1 aliphatic rings. The number of hydrogen-bond donors (Lipinski definition) is 0. The molecule has 9 heteroatoms. The summed E-state index contributed by atoms with van der Waals surface area (Å²) in [4.78, 5) is 29.6. The molecule has 9 nitrogen and oxygen atoms in total. The lowest BCUT2D eigenvalue weighted by atomic mass is 10.1. The van der Waals surface area contributed by atoms with E-state index < -0.39 is 11.9 Å². The number of benzene rings is 3. The molecule has 1 heterocycles. The number of ether oxygens (including phenoxy) is 6. The van der Waals surface area contributed by atoms with Crippen molar-refractivity contribution in [3.05, 3.63) is 82.5 Å². The predicted molar refractivity (Wildman–Crippen MR) is 136 cm³/mol. The predicted octanol–water partition coefficient (Wildman–Crippen LogP) is 4.59. The summed E-state index contributed by atoms with van der Waals surface area (Å²) < 4.78 is 32.2. The molecular formula is C28H25NO8. The molecule has 0 spiro atoms. The van der Waals surface area contributed by atoms with E-state index in [-0.39, 0.29) is 28.7 Å². The molecule has 37 heavy (non-hydrogen) atoms. The van der Waals surface area contributed by atoms with E-state index in [2.05, 4.69) is 4.99 Å². The number of carbonyl (C=O) groups excluding carboxylic acids is 2. The molecule has 0 aromatic heterocycles.